The first-order valence-corrected chi connectivity index (χ1v) is 16.4. The molecule has 35 heavy (non-hydrogen) atoms. The van der Waals surface area contributed by atoms with Gasteiger partial charge in [-0.1, -0.05) is 152 Å². The van der Waals surface area contributed by atoms with Gasteiger partial charge in [0.15, 0.2) is 0 Å². The van der Waals surface area contributed by atoms with E-state index in [0.717, 1.165) is 10.4 Å². The molecule has 0 aromatic heterocycles. The molecule has 0 bridgehead atoms. The van der Waals surface area contributed by atoms with E-state index in [1.165, 1.54) is 15.6 Å². The normalized spacial score (nSPS) is 11.9. The highest BCUT2D eigenvalue weighted by atomic mass is 28.5. The predicted molar refractivity (Wildman–Crippen MR) is 154 cm³/mol. The summed E-state index contributed by atoms with van der Waals surface area (Å²) in [4.78, 5) is 0. The average molecular weight is 505 g/mol. The Bertz CT molecular complexity index is 1200. The number of benzene rings is 5. The van der Waals surface area contributed by atoms with Gasteiger partial charge in [-0.25, -0.2) is 0 Å². The summed E-state index contributed by atoms with van der Waals surface area (Å²) in [7, 11) is -5.51. The van der Waals surface area contributed by atoms with Crippen LogP contribution in [0.3, 0.4) is 0 Å². The molecule has 0 saturated carbocycles. The van der Waals surface area contributed by atoms with E-state index in [-0.39, 0.29) is 0 Å². The average Bonchev–Trinajstić information content (AvgIpc) is 2.96. The molecule has 0 unspecified atom stereocenters. The molecule has 0 amide bonds. The smallest absolute Gasteiger partial charge is 0.386 e. The first-order chi connectivity index (χ1) is 17.3. The van der Waals surface area contributed by atoms with Gasteiger partial charge in [-0.3, -0.25) is 0 Å². The molecule has 2 nitrogen and oxygen atoms in total. The van der Waals surface area contributed by atoms with Gasteiger partial charge >= 0.3 is 8.56 Å². The zero-order valence-corrected chi connectivity index (χ0v) is 23.8. The molecular formula is C30H28O2Si3. The number of hydrogen-bond donors (Lipinski definition) is 0. The molecule has 0 spiro atoms. The molecule has 0 N–H and O–H groups in total. The van der Waals surface area contributed by atoms with Crippen molar-refractivity contribution < 1.29 is 8.23 Å². The fraction of sp³-hybridized carbons (Fsp3) is 0. The fourth-order valence-corrected chi connectivity index (χ4v) is 16.4. The van der Waals surface area contributed by atoms with Gasteiger partial charge in [0.05, 0.1) is 0 Å². The fourth-order valence-electron chi connectivity index (χ4n) is 4.79. The highest BCUT2D eigenvalue weighted by molar-refractivity contribution is 7.13. The Morgan fingerprint density at radius 3 is 0.886 bits per heavy atom. The Balaban J connectivity index is 1.86. The molecule has 0 atom stereocenters. The van der Waals surface area contributed by atoms with Crippen molar-refractivity contribution in [1.82, 2.24) is 0 Å². The lowest BCUT2D eigenvalue weighted by Crippen LogP contribution is -2.78. The topological polar surface area (TPSA) is 18.5 Å². The van der Waals surface area contributed by atoms with Crippen LogP contribution >= 0.6 is 0 Å². The van der Waals surface area contributed by atoms with Crippen molar-refractivity contribution >= 4 is 53.3 Å². The van der Waals surface area contributed by atoms with Crippen LogP contribution in [0.2, 0.25) is 0 Å². The summed E-state index contributed by atoms with van der Waals surface area (Å²) in [6.07, 6.45) is 0. The van der Waals surface area contributed by atoms with Gasteiger partial charge in [0, 0.05) is 0 Å². The lowest BCUT2D eigenvalue weighted by molar-refractivity contribution is 0.447. The van der Waals surface area contributed by atoms with Crippen molar-refractivity contribution in [3.8, 4) is 0 Å². The van der Waals surface area contributed by atoms with E-state index in [0.29, 0.717) is 10.5 Å². The van der Waals surface area contributed by atoms with Crippen LogP contribution in [-0.4, -0.2) is 27.4 Å². The van der Waals surface area contributed by atoms with Gasteiger partial charge in [0.1, 0.15) is 10.5 Å². The molecule has 172 valence electrons. The summed E-state index contributed by atoms with van der Waals surface area (Å²) in [5.74, 6) is 0. The largest absolute Gasteiger partial charge is 0.439 e. The van der Waals surface area contributed by atoms with Crippen molar-refractivity contribution in [2.45, 2.75) is 0 Å². The molecule has 5 heteroatoms. The third kappa shape index (κ3) is 4.40. The van der Waals surface area contributed by atoms with Gasteiger partial charge in [-0.05, 0) is 25.9 Å². The molecule has 5 aromatic carbocycles. The summed E-state index contributed by atoms with van der Waals surface area (Å²) >= 11 is 0. The van der Waals surface area contributed by atoms with Crippen molar-refractivity contribution in [2.75, 3.05) is 0 Å². The molecule has 0 heterocycles. The van der Waals surface area contributed by atoms with Crippen LogP contribution < -0.4 is 25.9 Å². The predicted octanol–water partition coefficient (Wildman–Crippen LogP) is 2.22. The maximum absolute atomic E-state index is 7.80. The molecular weight excluding hydrogens is 477 g/mol. The maximum atomic E-state index is 7.80. The zero-order valence-electron chi connectivity index (χ0n) is 19.8. The minimum absolute atomic E-state index is 0.555. The van der Waals surface area contributed by atoms with Crippen molar-refractivity contribution in [1.29, 1.82) is 0 Å². The lowest BCUT2D eigenvalue weighted by Gasteiger charge is -2.42. The zero-order chi connectivity index (χ0) is 24.0. The van der Waals surface area contributed by atoms with Crippen LogP contribution in [0.4, 0.5) is 0 Å². The van der Waals surface area contributed by atoms with Gasteiger partial charge < -0.3 is 8.23 Å². The van der Waals surface area contributed by atoms with Crippen molar-refractivity contribution in [3.63, 3.8) is 0 Å². The molecule has 5 aromatic rings. The van der Waals surface area contributed by atoms with E-state index in [9.17, 15) is 0 Å². The molecule has 5 rings (SSSR count). The molecule has 0 radical (unpaired) electrons. The van der Waals surface area contributed by atoms with Crippen LogP contribution in [0.5, 0.6) is 0 Å². The highest BCUT2D eigenvalue weighted by Crippen LogP contribution is 2.18. The first-order valence-electron chi connectivity index (χ1n) is 11.8. The Morgan fingerprint density at radius 2 is 0.629 bits per heavy atom. The lowest BCUT2D eigenvalue weighted by atomic mass is 10.3. The number of rotatable bonds is 8. The Hall–Kier alpha value is -3.33. The Labute approximate surface area is 212 Å². The van der Waals surface area contributed by atoms with Crippen LogP contribution in [0.25, 0.3) is 0 Å². The summed E-state index contributed by atoms with van der Waals surface area (Å²) in [5, 5.41) is 5.88. The minimum atomic E-state index is -3.08. The van der Waals surface area contributed by atoms with E-state index in [2.05, 4.69) is 152 Å². The van der Waals surface area contributed by atoms with E-state index in [1.807, 2.05) is 0 Å². The maximum Gasteiger partial charge on any atom is 0.386 e. The molecule has 0 aliphatic carbocycles. The summed E-state index contributed by atoms with van der Waals surface area (Å²) in [6, 6.07) is 53.3. The van der Waals surface area contributed by atoms with Crippen molar-refractivity contribution in [2.24, 2.45) is 0 Å². The van der Waals surface area contributed by atoms with Gasteiger partial charge in [0.25, 0.3) is 8.32 Å². The van der Waals surface area contributed by atoms with Crippen LogP contribution in [-0.2, 0) is 8.23 Å². The van der Waals surface area contributed by atoms with E-state index >= 15 is 0 Å². The Morgan fingerprint density at radius 1 is 0.371 bits per heavy atom. The minimum Gasteiger partial charge on any atom is -0.439 e. The van der Waals surface area contributed by atoms with E-state index in [4.69, 9.17) is 8.23 Å². The second-order valence-corrected chi connectivity index (χ2v) is 16.4. The molecule has 0 aliphatic rings. The third-order valence-electron chi connectivity index (χ3n) is 6.43. The van der Waals surface area contributed by atoms with Crippen LogP contribution in [0.15, 0.2) is 152 Å². The van der Waals surface area contributed by atoms with Crippen LogP contribution in [0.1, 0.15) is 0 Å². The SMILES string of the molecule is [SiH3]O[Si](O[Si](c1ccccc1)(c1ccccc1)c1ccccc1)(c1ccccc1)c1ccccc1. The highest BCUT2D eigenvalue weighted by Gasteiger charge is 2.52. The first kappa shape index (κ1) is 23.4. The van der Waals surface area contributed by atoms with E-state index in [1.54, 1.807) is 0 Å². The quantitative estimate of drug-likeness (QED) is 0.238. The third-order valence-corrected chi connectivity index (χ3v) is 16.7. The van der Waals surface area contributed by atoms with Gasteiger partial charge in [0.2, 0.25) is 0 Å². The number of hydrogen-bond acceptors (Lipinski definition) is 2. The van der Waals surface area contributed by atoms with Gasteiger partial charge in [-0.2, -0.15) is 0 Å². The second kappa shape index (κ2) is 10.5. The summed E-state index contributed by atoms with van der Waals surface area (Å²) < 4.78 is 14.5. The van der Waals surface area contributed by atoms with Crippen molar-refractivity contribution in [3.05, 3.63) is 152 Å². The molecule has 0 aliphatic heterocycles. The van der Waals surface area contributed by atoms with Gasteiger partial charge in [-0.15, -0.1) is 0 Å². The van der Waals surface area contributed by atoms with E-state index < -0.39 is 16.9 Å². The summed E-state index contributed by atoms with van der Waals surface area (Å²) in [5.41, 5.74) is 0. The second-order valence-electron chi connectivity index (χ2n) is 8.43. The monoisotopic (exact) mass is 504 g/mol. The molecule has 0 saturated heterocycles. The Kier molecular flexibility index (Phi) is 7.04. The standard InChI is InChI=1S/C30H28O2Si3/c33-31-35(29-22-12-4-13-23-29,30-24-14-5-15-25-30)32-34(26-16-6-1-7-17-26,27-18-8-2-9-19-27)28-20-10-3-11-21-28/h1-25H,33H3. The summed E-state index contributed by atoms with van der Waals surface area (Å²) in [6.45, 7) is 0. The molecule has 0 fully saturated rings. The van der Waals surface area contributed by atoms with Crippen LogP contribution in [0, 0.1) is 0 Å².